The van der Waals surface area contributed by atoms with Crippen molar-refractivity contribution in [3.63, 3.8) is 0 Å². The Morgan fingerprint density at radius 3 is 2.50 bits per heavy atom. The van der Waals surface area contributed by atoms with Crippen molar-refractivity contribution in [2.45, 2.75) is 11.8 Å². The van der Waals surface area contributed by atoms with E-state index >= 15 is 0 Å². The SMILES string of the molecule is Cc1ccccc1S(=O)(=O)NCCOc1ccc(F)c(F)c1. The zero-order chi connectivity index (χ0) is 16.2. The van der Waals surface area contributed by atoms with Crippen molar-refractivity contribution < 1.29 is 21.9 Å². The molecule has 0 radical (unpaired) electrons. The number of halogens is 2. The molecule has 0 aliphatic heterocycles. The van der Waals surface area contributed by atoms with Gasteiger partial charge in [0.2, 0.25) is 10.0 Å². The summed E-state index contributed by atoms with van der Waals surface area (Å²) < 4.78 is 57.5. The Hall–Kier alpha value is -1.99. The van der Waals surface area contributed by atoms with E-state index in [-0.39, 0.29) is 23.8 Å². The van der Waals surface area contributed by atoms with Gasteiger partial charge in [-0.2, -0.15) is 0 Å². The largest absolute Gasteiger partial charge is 0.492 e. The number of aryl methyl sites for hydroxylation is 1. The molecule has 0 spiro atoms. The first-order valence-electron chi connectivity index (χ1n) is 6.53. The predicted octanol–water partition coefficient (Wildman–Crippen LogP) is 2.63. The normalized spacial score (nSPS) is 11.4. The van der Waals surface area contributed by atoms with Crippen molar-refractivity contribution in [3.8, 4) is 5.75 Å². The van der Waals surface area contributed by atoms with E-state index in [1.54, 1.807) is 25.1 Å². The predicted molar refractivity (Wildman–Crippen MR) is 78.2 cm³/mol. The van der Waals surface area contributed by atoms with Crippen LogP contribution in [0.4, 0.5) is 8.78 Å². The maximum Gasteiger partial charge on any atom is 0.240 e. The lowest BCUT2D eigenvalue weighted by Crippen LogP contribution is -2.28. The summed E-state index contributed by atoms with van der Waals surface area (Å²) in [7, 11) is -3.62. The molecule has 0 amide bonds. The molecule has 0 saturated heterocycles. The molecule has 22 heavy (non-hydrogen) atoms. The average Bonchev–Trinajstić information content (AvgIpc) is 2.47. The summed E-state index contributed by atoms with van der Waals surface area (Å²) in [4.78, 5) is 0.197. The Labute approximate surface area is 127 Å². The number of hydrogen-bond acceptors (Lipinski definition) is 3. The van der Waals surface area contributed by atoms with Crippen LogP contribution in [0.25, 0.3) is 0 Å². The van der Waals surface area contributed by atoms with E-state index in [4.69, 9.17) is 4.74 Å². The standard InChI is InChI=1S/C15H15F2NO3S/c1-11-4-2-3-5-15(11)22(19,20)18-8-9-21-12-6-7-13(16)14(17)10-12/h2-7,10,18H,8-9H2,1H3. The average molecular weight is 327 g/mol. The summed E-state index contributed by atoms with van der Waals surface area (Å²) in [5.74, 6) is -1.85. The van der Waals surface area contributed by atoms with E-state index in [1.807, 2.05) is 0 Å². The number of hydrogen-bond donors (Lipinski definition) is 1. The summed E-state index contributed by atoms with van der Waals surface area (Å²) >= 11 is 0. The van der Waals surface area contributed by atoms with Gasteiger partial charge in [-0.05, 0) is 30.7 Å². The van der Waals surface area contributed by atoms with E-state index in [2.05, 4.69) is 4.72 Å². The fourth-order valence-corrected chi connectivity index (χ4v) is 3.10. The molecule has 0 saturated carbocycles. The van der Waals surface area contributed by atoms with Crippen molar-refractivity contribution in [1.29, 1.82) is 0 Å². The van der Waals surface area contributed by atoms with Crippen molar-refractivity contribution in [2.75, 3.05) is 13.2 Å². The Morgan fingerprint density at radius 2 is 1.82 bits per heavy atom. The van der Waals surface area contributed by atoms with Crippen LogP contribution in [-0.4, -0.2) is 21.6 Å². The van der Waals surface area contributed by atoms with E-state index in [0.717, 1.165) is 12.1 Å². The highest BCUT2D eigenvalue weighted by Crippen LogP contribution is 2.16. The fraction of sp³-hybridized carbons (Fsp3) is 0.200. The number of rotatable bonds is 6. The maximum atomic E-state index is 13.0. The van der Waals surface area contributed by atoms with Gasteiger partial charge < -0.3 is 4.74 Å². The molecule has 2 rings (SSSR count). The lowest BCUT2D eigenvalue weighted by atomic mass is 10.2. The van der Waals surface area contributed by atoms with Crippen LogP contribution in [0.2, 0.25) is 0 Å². The second-order valence-corrected chi connectivity index (χ2v) is 6.32. The lowest BCUT2D eigenvalue weighted by molar-refractivity contribution is 0.319. The third-order valence-electron chi connectivity index (χ3n) is 2.94. The first kappa shape index (κ1) is 16.4. The first-order valence-corrected chi connectivity index (χ1v) is 8.01. The molecule has 1 N–H and O–H groups in total. The minimum Gasteiger partial charge on any atom is -0.492 e. The summed E-state index contributed by atoms with van der Waals surface area (Å²) in [6.45, 7) is 1.71. The molecule has 118 valence electrons. The highest BCUT2D eigenvalue weighted by Gasteiger charge is 2.15. The van der Waals surface area contributed by atoms with Gasteiger partial charge in [0.05, 0.1) is 4.90 Å². The van der Waals surface area contributed by atoms with E-state index in [0.29, 0.717) is 5.56 Å². The Morgan fingerprint density at radius 1 is 1.09 bits per heavy atom. The van der Waals surface area contributed by atoms with Gasteiger partial charge >= 0.3 is 0 Å². The van der Waals surface area contributed by atoms with Crippen molar-refractivity contribution in [1.82, 2.24) is 4.72 Å². The van der Waals surface area contributed by atoms with Crippen LogP contribution in [0.3, 0.4) is 0 Å². The zero-order valence-corrected chi connectivity index (χ0v) is 12.7. The van der Waals surface area contributed by atoms with Crippen LogP contribution < -0.4 is 9.46 Å². The van der Waals surface area contributed by atoms with Gasteiger partial charge in [0, 0.05) is 12.6 Å². The molecule has 2 aromatic carbocycles. The molecule has 0 bridgehead atoms. The van der Waals surface area contributed by atoms with Gasteiger partial charge in [0.15, 0.2) is 11.6 Å². The second kappa shape index (κ2) is 6.85. The highest BCUT2D eigenvalue weighted by atomic mass is 32.2. The third-order valence-corrected chi connectivity index (χ3v) is 4.56. The molecule has 0 unspecified atom stereocenters. The van der Waals surface area contributed by atoms with Crippen LogP contribution in [0.5, 0.6) is 5.75 Å². The molecule has 2 aromatic rings. The Balaban J connectivity index is 1.91. The number of nitrogens with one attached hydrogen (secondary N) is 1. The molecule has 0 heterocycles. The van der Waals surface area contributed by atoms with E-state index in [1.165, 1.54) is 12.1 Å². The Bertz CT molecular complexity index is 763. The highest BCUT2D eigenvalue weighted by molar-refractivity contribution is 7.89. The van der Waals surface area contributed by atoms with Gasteiger partial charge in [0.1, 0.15) is 12.4 Å². The topological polar surface area (TPSA) is 55.4 Å². The Kier molecular flexibility index (Phi) is 5.10. The van der Waals surface area contributed by atoms with Crippen LogP contribution in [-0.2, 0) is 10.0 Å². The van der Waals surface area contributed by atoms with Gasteiger partial charge in [0.25, 0.3) is 0 Å². The quantitative estimate of drug-likeness (QED) is 0.830. The smallest absolute Gasteiger partial charge is 0.240 e. The van der Waals surface area contributed by atoms with Crippen LogP contribution >= 0.6 is 0 Å². The monoisotopic (exact) mass is 327 g/mol. The lowest BCUT2D eigenvalue weighted by Gasteiger charge is -2.10. The van der Waals surface area contributed by atoms with Gasteiger partial charge in [-0.25, -0.2) is 21.9 Å². The van der Waals surface area contributed by atoms with Crippen molar-refractivity contribution in [3.05, 3.63) is 59.7 Å². The number of benzene rings is 2. The van der Waals surface area contributed by atoms with Crippen molar-refractivity contribution >= 4 is 10.0 Å². The fourth-order valence-electron chi connectivity index (χ4n) is 1.85. The number of sulfonamides is 1. The van der Waals surface area contributed by atoms with Crippen LogP contribution in [0.1, 0.15) is 5.56 Å². The maximum absolute atomic E-state index is 13.0. The van der Waals surface area contributed by atoms with Crippen molar-refractivity contribution in [2.24, 2.45) is 0 Å². The summed E-state index contributed by atoms with van der Waals surface area (Å²) in [5, 5.41) is 0. The van der Waals surface area contributed by atoms with Gasteiger partial charge in [-0.15, -0.1) is 0 Å². The number of ether oxygens (including phenoxy) is 1. The van der Waals surface area contributed by atoms with Gasteiger partial charge in [-0.1, -0.05) is 18.2 Å². The molecule has 4 nitrogen and oxygen atoms in total. The molecule has 0 aliphatic carbocycles. The molecular weight excluding hydrogens is 312 g/mol. The van der Waals surface area contributed by atoms with Gasteiger partial charge in [-0.3, -0.25) is 0 Å². The van der Waals surface area contributed by atoms with Crippen LogP contribution in [0, 0.1) is 18.6 Å². The summed E-state index contributed by atoms with van der Waals surface area (Å²) in [6, 6.07) is 9.72. The molecular formula is C15H15F2NO3S. The molecule has 0 fully saturated rings. The molecule has 0 aromatic heterocycles. The van der Waals surface area contributed by atoms with E-state index in [9.17, 15) is 17.2 Å². The first-order chi connectivity index (χ1) is 10.4. The van der Waals surface area contributed by atoms with Crippen LogP contribution in [0.15, 0.2) is 47.4 Å². The molecule has 0 atom stereocenters. The van der Waals surface area contributed by atoms with E-state index < -0.39 is 21.7 Å². The minimum absolute atomic E-state index is 0.00379. The zero-order valence-electron chi connectivity index (χ0n) is 11.8. The second-order valence-electron chi connectivity index (χ2n) is 4.59. The minimum atomic E-state index is -3.62. The summed E-state index contributed by atoms with van der Waals surface area (Å²) in [6.07, 6.45) is 0. The molecule has 0 aliphatic rings. The molecule has 7 heteroatoms. The third kappa shape index (κ3) is 4.02. The summed E-state index contributed by atoms with van der Waals surface area (Å²) in [5.41, 5.74) is 0.636.